The number of likely N-dealkylation sites (tertiary alicyclic amines) is 1. The van der Waals surface area contributed by atoms with Crippen LogP contribution in [0, 0.1) is 18.8 Å². The number of piperidine rings is 1. The Labute approximate surface area is 138 Å². The van der Waals surface area contributed by atoms with Gasteiger partial charge in [-0.15, -0.1) is 12.4 Å². The number of amides is 1. The maximum atomic E-state index is 12.4. The van der Waals surface area contributed by atoms with Crippen molar-refractivity contribution in [1.29, 1.82) is 0 Å². The molecule has 1 aliphatic heterocycles. The second-order valence-electron chi connectivity index (χ2n) is 6.46. The number of rotatable bonds is 5. The van der Waals surface area contributed by atoms with Crippen LogP contribution in [0.3, 0.4) is 0 Å². The molecular formula is C15H27ClN4O2. The van der Waals surface area contributed by atoms with E-state index in [0.29, 0.717) is 17.7 Å². The highest BCUT2D eigenvalue weighted by Crippen LogP contribution is 2.21. The Kier molecular flexibility index (Phi) is 7.29. The van der Waals surface area contributed by atoms with Crippen molar-refractivity contribution < 1.29 is 9.32 Å². The number of halogens is 1. The molecule has 0 aliphatic carbocycles. The number of aromatic nitrogens is 2. The fourth-order valence-electron chi connectivity index (χ4n) is 2.96. The minimum absolute atomic E-state index is 0. The normalized spacial score (nSPS) is 19.9. The number of nitrogens with two attached hydrogens (primary N) is 1. The van der Waals surface area contributed by atoms with Crippen molar-refractivity contribution in [3.05, 3.63) is 11.7 Å². The summed E-state index contributed by atoms with van der Waals surface area (Å²) >= 11 is 0. The Morgan fingerprint density at radius 1 is 1.50 bits per heavy atom. The number of carbonyl (C=O) groups excluding carboxylic acids is 1. The van der Waals surface area contributed by atoms with Crippen LogP contribution < -0.4 is 5.73 Å². The van der Waals surface area contributed by atoms with Gasteiger partial charge in [0.15, 0.2) is 5.82 Å². The molecule has 6 nitrogen and oxygen atoms in total. The van der Waals surface area contributed by atoms with Crippen molar-refractivity contribution in [1.82, 2.24) is 15.0 Å². The van der Waals surface area contributed by atoms with E-state index in [0.717, 1.165) is 44.6 Å². The molecule has 2 rings (SSSR count). The van der Waals surface area contributed by atoms with Gasteiger partial charge in [-0.3, -0.25) is 4.79 Å². The number of aryl methyl sites for hydroxylation is 1. The predicted octanol–water partition coefficient (Wildman–Crippen LogP) is 1.95. The average molecular weight is 331 g/mol. The van der Waals surface area contributed by atoms with Crippen molar-refractivity contribution in [3.8, 4) is 0 Å². The number of nitrogens with zero attached hydrogens (tertiary/aromatic N) is 3. The first-order valence-corrected chi connectivity index (χ1v) is 7.79. The Bertz CT molecular complexity index is 478. The van der Waals surface area contributed by atoms with E-state index < -0.39 is 0 Å². The highest BCUT2D eigenvalue weighted by Gasteiger charge is 2.28. The van der Waals surface area contributed by atoms with Crippen LogP contribution >= 0.6 is 12.4 Å². The van der Waals surface area contributed by atoms with Gasteiger partial charge in [-0.2, -0.15) is 4.98 Å². The van der Waals surface area contributed by atoms with Gasteiger partial charge in [0.2, 0.25) is 11.8 Å². The second kappa shape index (κ2) is 8.48. The van der Waals surface area contributed by atoms with E-state index in [-0.39, 0.29) is 24.4 Å². The number of carbonyl (C=O) groups is 1. The topological polar surface area (TPSA) is 85.2 Å². The quantitative estimate of drug-likeness (QED) is 0.892. The van der Waals surface area contributed by atoms with Gasteiger partial charge in [0, 0.05) is 26.4 Å². The molecule has 1 aromatic rings. The first-order chi connectivity index (χ1) is 9.95. The lowest BCUT2D eigenvalue weighted by Crippen LogP contribution is -2.48. The van der Waals surface area contributed by atoms with Crippen LogP contribution in [0.4, 0.5) is 0 Å². The molecule has 0 bridgehead atoms. The van der Waals surface area contributed by atoms with Gasteiger partial charge in [-0.05, 0) is 31.1 Å². The standard InChI is InChI=1S/C15H26N4O2.ClH/c1-10(2)7-13(16)15(20)19-6-4-5-12(9-19)8-14-17-11(3)21-18-14;/h10,12-13H,4-9,16H2,1-3H3;1H/t12?,13-;/m0./s1. The van der Waals surface area contributed by atoms with E-state index in [1.807, 2.05) is 4.90 Å². The Morgan fingerprint density at radius 3 is 2.82 bits per heavy atom. The molecule has 0 aromatic carbocycles. The summed E-state index contributed by atoms with van der Waals surface area (Å²) in [6.07, 6.45) is 3.61. The maximum absolute atomic E-state index is 12.4. The molecule has 2 heterocycles. The predicted molar refractivity (Wildman–Crippen MR) is 86.7 cm³/mol. The van der Waals surface area contributed by atoms with Gasteiger partial charge in [0.05, 0.1) is 6.04 Å². The third-order valence-corrected chi connectivity index (χ3v) is 3.91. The molecule has 0 saturated carbocycles. The molecule has 1 fully saturated rings. The molecule has 126 valence electrons. The van der Waals surface area contributed by atoms with Gasteiger partial charge in [0.25, 0.3) is 0 Å². The van der Waals surface area contributed by atoms with Gasteiger partial charge >= 0.3 is 0 Å². The van der Waals surface area contributed by atoms with Crippen LogP contribution in [0.25, 0.3) is 0 Å². The zero-order valence-corrected chi connectivity index (χ0v) is 14.4. The number of hydrogen-bond acceptors (Lipinski definition) is 5. The largest absolute Gasteiger partial charge is 0.341 e. The second-order valence-corrected chi connectivity index (χ2v) is 6.46. The summed E-state index contributed by atoms with van der Waals surface area (Å²) in [5.74, 6) is 2.24. The number of hydrogen-bond donors (Lipinski definition) is 1. The van der Waals surface area contributed by atoms with E-state index in [1.54, 1.807) is 6.92 Å². The molecule has 2 N–H and O–H groups in total. The lowest BCUT2D eigenvalue weighted by Gasteiger charge is -2.34. The first-order valence-electron chi connectivity index (χ1n) is 7.79. The van der Waals surface area contributed by atoms with Crippen molar-refractivity contribution in [2.75, 3.05) is 13.1 Å². The lowest BCUT2D eigenvalue weighted by atomic mass is 9.93. The van der Waals surface area contributed by atoms with E-state index in [4.69, 9.17) is 10.3 Å². The summed E-state index contributed by atoms with van der Waals surface area (Å²) < 4.78 is 5.00. The van der Waals surface area contributed by atoms with E-state index in [1.165, 1.54) is 0 Å². The summed E-state index contributed by atoms with van der Waals surface area (Å²) in [5.41, 5.74) is 6.02. The SMILES string of the molecule is Cc1nc(CC2CCCN(C(=O)[C@@H](N)CC(C)C)C2)no1.Cl. The van der Waals surface area contributed by atoms with Crippen molar-refractivity contribution in [2.45, 2.75) is 52.5 Å². The molecule has 1 aliphatic rings. The molecule has 0 radical (unpaired) electrons. The third kappa shape index (κ3) is 5.25. The van der Waals surface area contributed by atoms with Crippen LogP contribution in [0.15, 0.2) is 4.52 Å². The van der Waals surface area contributed by atoms with Crippen LogP contribution in [0.1, 0.15) is 44.8 Å². The van der Waals surface area contributed by atoms with E-state index in [2.05, 4.69) is 24.0 Å². The lowest BCUT2D eigenvalue weighted by molar-refractivity contribution is -0.134. The fourth-order valence-corrected chi connectivity index (χ4v) is 2.96. The molecule has 2 atom stereocenters. The molecule has 7 heteroatoms. The molecular weight excluding hydrogens is 304 g/mol. The highest BCUT2D eigenvalue weighted by atomic mass is 35.5. The Hall–Kier alpha value is -1.14. The average Bonchev–Trinajstić information content (AvgIpc) is 2.82. The van der Waals surface area contributed by atoms with Crippen LogP contribution in [0.5, 0.6) is 0 Å². The van der Waals surface area contributed by atoms with Gasteiger partial charge in [0.1, 0.15) is 0 Å². The summed E-state index contributed by atoms with van der Waals surface area (Å²) in [5, 5.41) is 3.94. The van der Waals surface area contributed by atoms with Gasteiger partial charge in [-0.1, -0.05) is 19.0 Å². The highest BCUT2D eigenvalue weighted by molar-refractivity contribution is 5.85. The summed E-state index contributed by atoms with van der Waals surface area (Å²) in [6, 6.07) is -0.379. The van der Waals surface area contributed by atoms with Crippen LogP contribution in [-0.2, 0) is 11.2 Å². The Morgan fingerprint density at radius 2 is 2.23 bits per heavy atom. The first kappa shape index (κ1) is 18.9. The summed E-state index contributed by atoms with van der Waals surface area (Å²) in [6.45, 7) is 7.53. The van der Waals surface area contributed by atoms with Crippen molar-refractivity contribution in [3.63, 3.8) is 0 Å². The van der Waals surface area contributed by atoms with Crippen molar-refractivity contribution >= 4 is 18.3 Å². The van der Waals surface area contributed by atoms with E-state index in [9.17, 15) is 4.79 Å². The fraction of sp³-hybridized carbons (Fsp3) is 0.800. The zero-order valence-electron chi connectivity index (χ0n) is 13.6. The summed E-state index contributed by atoms with van der Waals surface area (Å²) in [7, 11) is 0. The summed E-state index contributed by atoms with van der Waals surface area (Å²) in [4.78, 5) is 18.5. The van der Waals surface area contributed by atoms with Crippen LogP contribution in [-0.4, -0.2) is 40.1 Å². The molecule has 0 spiro atoms. The molecule has 1 aromatic heterocycles. The van der Waals surface area contributed by atoms with Gasteiger partial charge in [-0.25, -0.2) is 0 Å². The smallest absolute Gasteiger partial charge is 0.239 e. The minimum atomic E-state index is -0.379. The van der Waals surface area contributed by atoms with Crippen molar-refractivity contribution in [2.24, 2.45) is 17.6 Å². The van der Waals surface area contributed by atoms with Crippen LogP contribution in [0.2, 0.25) is 0 Å². The molecule has 1 unspecified atom stereocenters. The molecule has 22 heavy (non-hydrogen) atoms. The van der Waals surface area contributed by atoms with E-state index >= 15 is 0 Å². The minimum Gasteiger partial charge on any atom is -0.341 e. The Balaban J connectivity index is 0.00000242. The van der Waals surface area contributed by atoms with Gasteiger partial charge < -0.3 is 15.2 Å². The monoisotopic (exact) mass is 330 g/mol. The maximum Gasteiger partial charge on any atom is 0.239 e. The zero-order chi connectivity index (χ0) is 15.4. The molecule has 1 amide bonds. The third-order valence-electron chi connectivity index (χ3n) is 3.91. The molecule has 1 saturated heterocycles.